The minimum Gasteiger partial charge on any atom is -0.469 e. The van der Waals surface area contributed by atoms with E-state index in [1.165, 1.54) is 7.11 Å². The van der Waals surface area contributed by atoms with Gasteiger partial charge in [-0.3, -0.25) is 4.79 Å². The predicted octanol–water partition coefficient (Wildman–Crippen LogP) is 0.393. The largest absolute Gasteiger partial charge is 0.469 e. The Kier molecular flexibility index (Phi) is 4.69. The summed E-state index contributed by atoms with van der Waals surface area (Å²) < 4.78 is 38.7. The van der Waals surface area contributed by atoms with Crippen molar-refractivity contribution in [2.45, 2.75) is 12.5 Å². The highest BCUT2D eigenvalue weighted by Crippen LogP contribution is 2.34. The molecule has 0 amide bonds. The lowest BCUT2D eigenvalue weighted by Crippen LogP contribution is -2.24. The van der Waals surface area contributed by atoms with Crippen LogP contribution < -0.4 is 15.2 Å². The van der Waals surface area contributed by atoms with E-state index in [0.29, 0.717) is 17.1 Å². The summed E-state index contributed by atoms with van der Waals surface area (Å²) in [6.07, 6.45) is -0.174. The van der Waals surface area contributed by atoms with Crippen LogP contribution in [0.25, 0.3) is 0 Å². The highest BCUT2D eigenvalue weighted by molar-refractivity contribution is 7.91. The van der Waals surface area contributed by atoms with E-state index in [2.05, 4.69) is 4.74 Å². The van der Waals surface area contributed by atoms with Crippen molar-refractivity contribution in [3.63, 3.8) is 0 Å². The number of fused-ring (bicyclic) bond motifs is 1. The normalized spacial score (nSPS) is 14.8. The molecule has 0 bridgehead atoms. The van der Waals surface area contributed by atoms with E-state index >= 15 is 0 Å². The molecule has 1 aromatic carbocycles. The van der Waals surface area contributed by atoms with Gasteiger partial charge in [0, 0.05) is 6.04 Å². The highest BCUT2D eigenvalue weighted by Gasteiger charge is 2.21. The minimum absolute atomic E-state index is 0.144. The van der Waals surface area contributed by atoms with E-state index in [-0.39, 0.29) is 24.7 Å². The summed E-state index contributed by atoms with van der Waals surface area (Å²) in [6, 6.07) is 4.37. The number of sulfone groups is 1. The van der Waals surface area contributed by atoms with Gasteiger partial charge in [0.05, 0.1) is 25.0 Å². The van der Waals surface area contributed by atoms with Gasteiger partial charge >= 0.3 is 5.97 Å². The second-order valence-electron chi connectivity index (χ2n) is 4.66. The third-order valence-electron chi connectivity index (χ3n) is 3.10. The number of ether oxygens (including phenoxy) is 3. The molecule has 0 saturated heterocycles. The van der Waals surface area contributed by atoms with Crippen molar-refractivity contribution in [3.8, 4) is 11.5 Å². The Hall–Kier alpha value is -1.80. The van der Waals surface area contributed by atoms with Crippen LogP contribution in [-0.4, -0.2) is 39.8 Å². The van der Waals surface area contributed by atoms with E-state index in [1.54, 1.807) is 18.2 Å². The maximum Gasteiger partial charge on any atom is 0.306 e. The predicted molar refractivity (Wildman–Crippen MR) is 74.8 cm³/mol. The van der Waals surface area contributed by atoms with Gasteiger partial charge in [-0.15, -0.1) is 0 Å². The van der Waals surface area contributed by atoms with E-state index in [0.717, 1.165) is 0 Å². The van der Waals surface area contributed by atoms with Crippen molar-refractivity contribution in [3.05, 3.63) is 23.8 Å². The van der Waals surface area contributed by atoms with E-state index in [1.807, 2.05) is 0 Å². The molecule has 2 rings (SSSR count). The summed E-state index contributed by atoms with van der Waals surface area (Å²) in [7, 11) is -2.23. The lowest BCUT2D eigenvalue weighted by atomic mass is 10.1. The molecule has 116 valence electrons. The van der Waals surface area contributed by atoms with E-state index < -0.39 is 21.8 Å². The Morgan fingerprint density at radius 1 is 1.38 bits per heavy atom. The molecule has 0 aromatic heterocycles. The van der Waals surface area contributed by atoms with Crippen LogP contribution in [0, 0.1) is 0 Å². The molecule has 1 heterocycles. The molecule has 1 aromatic rings. The van der Waals surface area contributed by atoms with Gasteiger partial charge in [0.1, 0.15) is 0 Å². The minimum atomic E-state index is -3.45. The summed E-state index contributed by atoms with van der Waals surface area (Å²) in [5.41, 5.74) is 6.56. The second kappa shape index (κ2) is 6.31. The van der Waals surface area contributed by atoms with Crippen LogP contribution in [0.5, 0.6) is 11.5 Å². The van der Waals surface area contributed by atoms with Crippen LogP contribution in [-0.2, 0) is 19.4 Å². The average molecular weight is 315 g/mol. The Morgan fingerprint density at radius 2 is 2.10 bits per heavy atom. The van der Waals surface area contributed by atoms with Crippen LogP contribution in [0.1, 0.15) is 18.0 Å². The lowest BCUT2D eigenvalue weighted by molar-refractivity contribution is -0.140. The first-order valence-electron chi connectivity index (χ1n) is 6.33. The van der Waals surface area contributed by atoms with E-state index in [9.17, 15) is 13.2 Å². The molecule has 1 aliphatic rings. The first-order valence-corrected chi connectivity index (χ1v) is 8.16. The number of esters is 1. The Bertz CT molecular complexity index is 628. The number of methoxy groups -OCH3 is 1. The second-order valence-corrected chi connectivity index (χ2v) is 6.89. The first kappa shape index (κ1) is 15.6. The molecule has 0 spiro atoms. The maximum absolute atomic E-state index is 11.9. The molecule has 0 fully saturated rings. The quantitative estimate of drug-likeness (QED) is 0.757. The molecule has 1 aliphatic heterocycles. The van der Waals surface area contributed by atoms with Gasteiger partial charge < -0.3 is 19.9 Å². The molecule has 21 heavy (non-hydrogen) atoms. The van der Waals surface area contributed by atoms with Crippen molar-refractivity contribution in [1.29, 1.82) is 0 Å². The number of carbonyl (C=O) groups excluding carboxylic acids is 1. The summed E-state index contributed by atoms with van der Waals surface area (Å²) in [4.78, 5) is 11.0. The van der Waals surface area contributed by atoms with Gasteiger partial charge in [0.25, 0.3) is 0 Å². The van der Waals surface area contributed by atoms with Crippen molar-refractivity contribution >= 4 is 15.8 Å². The van der Waals surface area contributed by atoms with Crippen LogP contribution in [0.2, 0.25) is 0 Å². The molecule has 1 unspecified atom stereocenters. The molecular formula is C13H17NO6S. The van der Waals surface area contributed by atoms with Crippen LogP contribution in [0.3, 0.4) is 0 Å². The van der Waals surface area contributed by atoms with Crippen LogP contribution in [0.4, 0.5) is 0 Å². The molecule has 7 nitrogen and oxygen atoms in total. The van der Waals surface area contributed by atoms with Crippen molar-refractivity contribution in [2.24, 2.45) is 5.73 Å². The Morgan fingerprint density at radius 3 is 2.81 bits per heavy atom. The number of rotatable bonds is 6. The zero-order chi connectivity index (χ0) is 15.5. The lowest BCUT2D eigenvalue weighted by Gasteiger charge is -2.13. The summed E-state index contributed by atoms with van der Waals surface area (Å²) in [6.45, 7) is 0.144. The standard InChI is InChI=1S/C13H17NO6S/c1-18-13(15)4-5-21(16,17)7-10(14)9-2-3-11-12(6-9)20-8-19-11/h2-3,6,10H,4-5,7-8,14H2,1H3. The number of nitrogens with two attached hydrogens (primary N) is 1. The number of carbonyl (C=O) groups is 1. The van der Waals surface area contributed by atoms with Gasteiger partial charge in [-0.05, 0) is 17.7 Å². The van der Waals surface area contributed by atoms with Gasteiger partial charge in [-0.2, -0.15) is 0 Å². The molecule has 0 saturated carbocycles. The molecule has 1 atom stereocenters. The summed E-state index contributed by atoms with van der Waals surface area (Å²) in [5, 5.41) is 0. The van der Waals surface area contributed by atoms with Gasteiger partial charge in [0.2, 0.25) is 6.79 Å². The zero-order valence-corrected chi connectivity index (χ0v) is 12.4. The van der Waals surface area contributed by atoms with Gasteiger partial charge in [-0.1, -0.05) is 6.07 Å². The SMILES string of the molecule is COC(=O)CCS(=O)(=O)CC(N)c1ccc2c(c1)OCO2. The third kappa shape index (κ3) is 4.08. The zero-order valence-electron chi connectivity index (χ0n) is 11.6. The van der Waals surface area contributed by atoms with Crippen LogP contribution >= 0.6 is 0 Å². The smallest absolute Gasteiger partial charge is 0.306 e. The van der Waals surface area contributed by atoms with Crippen LogP contribution in [0.15, 0.2) is 18.2 Å². The molecular weight excluding hydrogens is 298 g/mol. The monoisotopic (exact) mass is 315 g/mol. The fourth-order valence-electron chi connectivity index (χ4n) is 1.94. The Balaban J connectivity index is 2.00. The number of hydrogen-bond acceptors (Lipinski definition) is 7. The van der Waals surface area contributed by atoms with Crippen molar-refractivity contribution in [1.82, 2.24) is 0 Å². The molecule has 8 heteroatoms. The fourth-order valence-corrected chi connectivity index (χ4v) is 3.32. The summed E-state index contributed by atoms with van der Waals surface area (Å²) in [5.74, 6) is 0.0753. The fraction of sp³-hybridized carbons (Fsp3) is 0.462. The number of hydrogen-bond donors (Lipinski definition) is 1. The molecule has 2 N–H and O–H groups in total. The maximum atomic E-state index is 11.9. The van der Waals surface area contributed by atoms with Gasteiger partial charge in [-0.25, -0.2) is 8.42 Å². The van der Waals surface area contributed by atoms with Crippen molar-refractivity contribution < 1.29 is 27.4 Å². The molecule has 0 aliphatic carbocycles. The van der Waals surface area contributed by atoms with Gasteiger partial charge in [0.15, 0.2) is 21.3 Å². The average Bonchev–Trinajstić information content (AvgIpc) is 2.91. The van der Waals surface area contributed by atoms with Crippen molar-refractivity contribution in [2.75, 3.05) is 25.4 Å². The highest BCUT2D eigenvalue weighted by atomic mass is 32.2. The molecule has 0 radical (unpaired) electrons. The summed E-state index contributed by atoms with van der Waals surface area (Å²) >= 11 is 0. The topological polar surface area (TPSA) is 105 Å². The third-order valence-corrected chi connectivity index (χ3v) is 4.80. The Labute approximate surface area is 122 Å². The first-order chi connectivity index (χ1) is 9.91. The number of benzene rings is 1. The van der Waals surface area contributed by atoms with E-state index in [4.69, 9.17) is 15.2 Å².